The zero-order chi connectivity index (χ0) is 11.5. The third-order valence-electron chi connectivity index (χ3n) is 2.46. The Morgan fingerprint density at radius 2 is 2.06 bits per heavy atom. The molecule has 0 saturated heterocycles. The molecule has 4 heteroatoms. The van der Waals surface area contributed by atoms with Crippen molar-refractivity contribution in [3.05, 3.63) is 29.8 Å². The van der Waals surface area contributed by atoms with Gasteiger partial charge in [-0.1, -0.05) is 12.1 Å². The average molecular weight is 218 g/mol. The van der Waals surface area contributed by atoms with E-state index in [1.54, 1.807) is 6.07 Å². The predicted molar refractivity (Wildman–Crippen MR) is 61.1 cm³/mol. The molecule has 1 aliphatic carbocycles. The number of nitrogens with one attached hydrogen (secondary N) is 2. The Balaban J connectivity index is 1.89. The van der Waals surface area contributed by atoms with Gasteiger partial charge in [0.1, 0.15) is 0 Å². The first-order chi connectivity index (χ1) is 7.65. The summed E-state index contributed by atoms with van der Waals surface area (Å²) in [4.78, 5) is 22.7. The van der Waals surface area contributed by atoms with Gasteiger partial charge in [-0.05, 0) is 37.5 Å². The van der Waals surface area contributed by atoms with E-state index in [0.29, 0.717) is 5.69 Å². The molecule has 0 atom stereocenters. The second-order valence-electron chi connectivity index (χ2n) is 4.09. The minimum absolute atomic E-state index is 0.0447. The summed E-state index contributed by atoms with van der Waals surface area (Å²) >= 11 is 0. The molecular weight excluding hydrogens is 204 g/mol. The van der Waals surface area contributed by atoms with Crippen LogP contribution < -0.4 is 10.6 Å². The second kappa shape index (κ2) is 4.35. The smallest absolute Gasteiger partial charge is 0.308 e. The quantitative estimate of drug-likeness (QED) is 0.798. The van der Waals surface area contributed by atoms with E-state index in [1.165, 1.54) is 0 Å². The van der Waals surface area contributed by atoms with Crippen LogP contribution in [0.2, 0.25) is 0 Å². The van der Waals surface area contributed by atoms with Crippen LogP contribution in [0.4, 0.5) is 10.5 Å². The molecule has 0 radical (unpaired) electrons. The number of aryl methyl sites for hydroxylation is 1. The molecule has 0 bridgehead atoms. The number of benzene rings is 1. The molecule has 1 aliphatic rings. The number of carbonyl (C=O) groups excluding carboxylic acids is 2. The summed E-state index contributed by atoms with van der Waals surface area (Å²) in [6, 6.07) is 6.98. The normalized spacial score (nSPS) is 14.3. The summed E-state index contributed by atoms with van der Waals surface area (Å²) in [5.41, 5.74) is 1.76. The van der Waals surface area contributed by atoms with E-state index in [-0.39, 0.29) is 11.8 Å². The van der Waals surface area contributed by atoms with Gasteiger partial charge in [0.2, 0.25) is 5.91 Å². The summed E-state index contributed by atoms with van der Waals surface area (Å²) in [7, 11) is 0. The van der Waals surface area contributed by atoms with Gasteiger partial charge in [0, 0.05) is 11.6 Å². The van der Waals surface area contributed by atoms with Crippen LogP contribution in [0.15, 0.2) is 24.3 Å². The maximum Gasteiger partial charge on any atom is 0.325 e. The summed E-state index contributed by atoms with van der Waals surface area (Å²) in [6.45, 7) is 1.94. The molecule has 0 heterocycles. The van der Waals surface area contributed by atoms with Crippen molar-refractivity contribution >= 4 is 17.6 Å². The van der Waals surface area contributed by atoms with Crippen LogP contribution >= 0.6 is 0 Å². The molecule has 2 N–H and O–H groups in total. The number of rotatable bonds is 2. The molecule has 0 aromatic heterocycles. The molecule has 2 rings (SSSR count). The van der Waals surface area contributed by atoms with E-state index in [0.717, 1.165) is 18.4 Å². The monoisotopic (exact) mass is 218 g/mol. The van der Waals surface area contributed by atoms with E-state index in [4.69, 9.17) is 0 Å². The molecule has 1 aromatic rings. The van der Waals surface area contributed by atoms with Crippen LogP contribution in [0, 0.1) is 12.8 Å². The van der Waals surface area contributed by atoms with Crippen LogP contribution in [-0.4, -0.2) is 11.9 Å². The molecule has 0 aliphatic heterocycles. The van der Waals surface area contributed by atoms with E-state index in [2.05, 4.69) is 10.6 Å². The van der Waals surface area contributed by atoms with Crippen LogP contribution in [-0.2, 0) is 4.79 Å². The molecular formula is C12H14N2O2. The molecule has 3 amide bonds. The minimum Gasteiger partial charge on any atom is -0.308 e. The topological polar surface area (TPSA) is 58.2 Å². The number of urea groups is 1. The molecule has 1 fully saturated rings. The minimum atomic E-state index is -0.456. The zero-order valence-electron chi connectivity index (χ0n) is 9.12. The molecule has 1 aromatic carbocycles. The zero-order valence-corrected chi connectivity index (χ0v) is 9.12. The first-order valence-corrected chi connectivity index (χ1v) is 5.33. The maximum absolute atomic E-state index is 11.4. The van der Waals surface area contributed by atoms with Crippen molar-refractivity contribution in [1.29, 1.82) is 0 Å². The lowest BCUT2D eigenvalue weighted by Crippen LogP contribution is -2.35. The lowest BCUT2D eigenvalue weighted by molar-refractivity contribution is -0.121. The SMILES string of the molecule is Cc1cccc(NC(=O)NC(=O)C2CC2)c1. The third kappa shape index (κ3) is 2.82. The second-order valence-corrected chi connectivity index (χ2v) is 4.09. The lowest BCUT2D eigenvalue weighted by atomic mass is 10.2. The van der Waals surface area contributed by atoms with Crippen molar-refractivity contribution in [3.8, 4) is 0 Å². The highest BCUT2D eigenvalue weighted by Gasteiger charge is 2.30. The van der Waals surface area contributed by atoms with Crippen LogP contribution in [0.5, 0.6) is 0 Å². The van der Waals surface area contributed by atoms with Gasteiger partial charge in [-0.25, -0.2) is 4.79 Å². The number of amides is 3. The molecule has 84 valence electrons. The Morgan fingerprint density at radius 1 is 1.31 bits per heavy atom. The Bertz CT molecular complexity index is 425. The van der Waals surface area contributed by atoms with Crippen molar-refractivity contribution < 1.29 is 9.59 Å². The predicted octanol–water partition coefficient (Wildman–Crippen LogP) is 2.05. The highest BCUT2D eigenvalue weighted by Crippen LogP contribution is 2.28. The van der Waals surface area contributed by atoms with Gasteiger partial charge < -0.3 is 5.32 Å². The maximum atomic E-state index is 11.4. The summed E-state index contributed by atoms with van der Waals surface area (Å²) < 4.78 is 0. The number of imide groups is 1. The van der Waals surface area contributed by atoms with E-state index < -0.39 is 6.03 Å². The Morgan fingerprint density at radius 3 is 2.69 bits per heavy atom. The summed E-state index contributed by atoms with van der Waals surface area (Å²) in [6.07, 6.45) is 1.78. The standard InChI is InChI=1S/C12H14N2O2/c1-8-3-2-4-10(7-8)13-12(16)14-11(15)9-5-6-9/h2-4,7,9H,5-6H2,1H3,(H2,13,14,15,16). The van der Waals surface area contributed by atoms with Gasteiger partial charge in [0.05, 0.1) is 0 Å². The highest BCUT2D eigenvalue weighted by molar-refractivity contribution is 6.02. The van der Waals surface area contributed by atoms with Gasteiger partial charge in [-0.3, -0.25) is 10.1 Å². The van der Waals surface area contributed by atoms with E-state index in [9.17, 15) is 9.59 Å². The van der Waals surface area contributed by atoms with Crippen molar-refractivity contribution in [3.63, 3.8) is 0 Å². The Labute approximate surface area is 94.0 Å². The Hall–Kier alpha value is -1.84. The summed E-state index contributed by atoms with van der Waals surface area (Å²) in [5, 5.41) is 4.95. The van der Waals surface area contributed by atoms with Gasteiger partial charge in [-0.2, -0.15) is 0 Å². The summed E-state index contributed by atoms with van der Waals surface area (Å²) in [5.74, 6) is -0.131. The molecule has 0 unspecified atom stereocenters. The van der Waals surface area contributed by atoms with E-state index >= 15 is 0 Å². The first kappa shape index (κ1) is 10.7. The van der Waals surface area contributed by atoms with Crippen molar-refractivity contribution in [1.82, 2.24) is 5.32 Å². The number of carbonyl (C=O) groups is 2. The highest BCUT2D eigenvalue weighted by atomic mass is 16.2. The van der Waals surface area contributed by atoms with Gasteiger partial charge in [-0.15, -0.1) is 0 Å². The first-order valence-electron chi connectivity index (χ1n) is 5.33. The number of hydrogen-bond acceptors (Lipinski definition) is 2. The van der Waals surface area contributed by atoms with Crippen LogP contribution in [0.3, 0.4) is 0 Å². The Kier molecular flexibility index (Phi) is 2.90. The fourth-order valence-corrected chi connectivity index (χ4v) is 1.44. The van der Waals surface area contributed by atoms with Crippen molar-refractivity contribution in [2.45, 2.75) is 19.8 Å². The van der Waals surface area contributed by atoms with Gasteiger partial charge in [0.15, 0.2) is 0 Å². The molecule has 1 saturated carbocycles. The fraction of sp³-hybridized carbons (Fsp3) is 0.333. The lowest BCUT2D eigenvalue weighted by Gasteiger charge is -2.06. The number of anilines is 1. The van der Waals surface area contributed by atoms with Crippen LogP contribution in [0.25, 0.3) is 0 Å². The van der Waals surface area contributed by atoms with Crippen molar-refractivity contribution in [2.24, 2.45) is 5.92 Å². The van der Waals surface area contributed by atoms with Gasteiger partial charge >= 0.3 is 6.03 Å². The largest absolute Gasteiger partial charge is 0.325 e. The number of hydrogen-bond donors (Lipinski definition) is 2. The third-order valence-corrected chi connectivity index (χ3v) is 2.46. The van der Waals surface area contributed by atoms with Crippen LogP contribution in [0.1, 0.15) is 18.4 Å². The molecule has 0 spiro atoms. The van der Waals surface area contributed by atoms with E-state index in [1.807, 2.05) is 25.1 Å². The molecule has 4 nitrogen and oxygen atoms in total. The average Bonchev–Trinajstić information content (AvgIpc) is 2.99. The van der Waals surface area contributed by atoms with Gasteiger partial charge in [0.25, 0.3) is 0 Å². The van der Waals surface area contributed by atoms with Crippen molar-refractivity contribution in [2.75, 3.05) is 5.32 Å². The fourth-order valence-electron chi connectivity index (χ4n) is 1.44. The molecule has 16 heavy (non-hydrogen) atoms.